The van der Waals surface area contributed by atoms with Crippen molar-refractivity contribution in [3.05, 3.63) is 12.7 Å². The molecule has 0 radical (unpaired) electrons. The molecule has 0 N–H and O–H groups in total. The van der Waals surface area contributed by atoms with Crippen molar-refractivity contribution < 1.29 is 47.6 Å². The Morgan fingerprint density at radius 2 is 1.41 bits per heavy atom. The van der Waals surface area contributed by atoms with Gasteiger partial charge in [0.2, 0.25) is 0 Å². The maximum atomic E-state index is 11.7. The fraction of sp³-hybridized carbons (Fsp3) is 0.684. The molecule has 1 heterocycles. The lowest BCUT2D eigenvalue weighted by Gasteiger charge is -2.44. The lowest BCUT2D eigenvalue weighted by Crippen LogP contribution is -2.63. The molecule has 0 bridgehead atoms. The van der Waals surface area contributed by atoms with Crippen molar-refractivity contribution in [2.45, 2.75) is 71.2 Å². The molecule has 1 rings (SSSR count). The van der Waals surface area contributed by atoms with Crippen LogP contribution in [0.1, 0.15) is 40.5 Å². The first-order valence-corrected chi connectivity index (χ1v) is 9.18. The van der Waals surface area contributed by atoms with Gasteiger partial charge >= 0.3 is 23.9 Å². The van der Waals surface area contributed by atoms with E-state index in [4.69, 9.17) is 28.4 Å². The van der Waals surface area contributed by atoms with E-state index in [1.54, 1.807) is 6.08 Å². The zero-order valence-corrected chi connectivity index (χ0v) is 17.1. The summed E-state index contributed by atoms with van der Waals surface area (Å²) in [6.07, 6.45) is -2.73. The molecule has 0 aliphatic carbocycles. The molecule has 0 saturated carbocycles. The van der Waals surface area contributed by atoms with Crippen LogP contribution in [-0.4, -0.2) is 67.8 Å². The van der Waals surface area contributed by atoms with Crippen molar-refractivity contribution in [2.75, 3.05) is 13.2 Å². The number of hydrogen-bond acceptors (Lipinski definition) is 10. The van der Waals surface area contributed by atoms with Crippen LogP contribution in [0.5, 0.6) is 0 Å². The molecule has 0 amide bonds. The highest BCUT2D eigenvalue weighted by atomic mass is 16.7. The van der Waals surface area contributed by atoms with Crippen molar-refractivity contribution in [2.24, 2.45) is 0 Å². The number of carbonyl (C=O) groups is 4. The lowest BCUT2D eigenvalue weighted by atomic mass is 9.98. The molecule has 0 aromatic heterocycles. The van der Waals surface area contributed by atoms with E-state index >= 15 is 0 Å². The van der Waals surface area contributed by atoms with Crippen LogP contribution in [0.3, 0.4) is 0 Å². The topological polar surface area (TPSA) is 124 Å². The van der Waals surface area contributed by atoms with E-state index < -0.39 is 54.6 Å². The molecular weight excluding hydrogens is 388 g/mol. The van der Waals surface area contributed by atoms with E-state index in [2.05, 4.69) is 6.58 Å². The van der Waals surface area contributed by atoms with Gasteiger partial charge in [0, 0.05) is 27.7 Å². The normalized spacial score (nSPS) is 26.1. The van der Waals surface area contributed by atoms with Gasteiger partial charge in [0.15, 0.2) is 24.6 Å². The molecule has 29 heavy (non-hydrogen) atoms. The van der Waals surface area contributed by atoms with Crippen molar-refractivity contribution >= 4 is 23.9 Å². The first-order chi connectivity index (χ1) is 13.6. The molecule has 164 valence electrons. The zero-order valence-electron chi connectivity index (χ0n) is 17.1. The van der Waals surface area contributed by atoms with E-state index in [-0.39, 0.29) is 13.2 Å². The summed E-state index contributed by atoms with van der Waals surface area (Å²) in [7, 11) is 0. The first kappa shape index (κ1) is 24.6. The van der Waals surface area contributed by atoms with Gasteiger partial charge in [-0.1, -0.05) is 6.08 Å². The number of esters is 4. The van der Waals surface area contributed by atoms with Crippen molar-refractivity contribution in [1.29, 1.82) is 0 Å². The third kappa shape index (κ3) is 8.61. The van der Waals surface area contributed by atoms with Crippen LogP contribution < -0.4 is 0 Å². The maximum Gasteiger partial charge on any atom is 0.303 e. The minimum Gasteiger partial charge on any atom is -0.463 e. The number of rotatable bonds is 10. The van der Waals surface area contributed by atoms with E-state index in [0.29, 0.717) is 12.8 Å². The largest absolute Gasteiger partial charge is 0.463 e. The second-order valence-electron chi connectivity index (χ2n) is 6.37. The van der Waals surface area contributed by atoms with Crippen LogP contribution in [0.25, 0.3) is 0 Å². The van der Waals surface area contributed by atoms with Crippen molar-refractivity contribution in [3.8, 4) is 0 Å². The van der Waals surface area contributed by atoms with Crippen LogP contribution in [0.4, 0.5) is 0 Å². The summed E-state index contributed by atoms with van der Waals surface area (Å²) in [4.78, 5) is 46.1. The third-order valence-corrected chi connectivity index (χ3v) is 3.78. The maximum absolute atomic E-state index is 11.7. The zero-order chi connectivity index (χ0) is 22.0. The highest BCUT2D eigenvalue weighted by Gasteiger charge is 2.52. The van der Waals surface area contributed by atoms with E-state index in [9.17, 15) is 19.2 Å². The van der Waals surface area contributed by atoms with Gasteiger partial charge in [-0.15, -0.1) is 6.58 Å². The molecule has 1 aliphatic rings. The fourth-order valence-corrected chi connectivity index (χ4v) is 2.75. The quantitative estimate of drug-likeness (QED) is 0.221. The van der Waals surface area contributed by atoms with Crippen LogP contribution in [0, 0.1) is 0 Å². The number of hydrogen-bond donors (Lipinski definition) is 0. The van der Waals surface area contributed by atoms with Gasteiger partial charge in [-0.3, -0.25) is 19.2 Å². The van der Waals surface area contributed by atoms with E-state index in [0.717, 1.165) is 13.8 Å². The number of unbranched alkanes of at least 4 members (excludes halogenated alkanes) is 1. The van der Waals surface area contributed by atoms with Gasteiger partial charge < -0.3 is 28.4 Å². The summed E-state index contributed by atoms with van der Waals surface area (Å²) in [5.74, 6) is -2.63. The van der Waals surface area contributed by atoms with Crippen molar-refractivity contribution in [3.63, 3.8) is 0 Å². The Kier molecular flexibility index (Phi) is 10.3. The second kappa shape index (κ2) is 12.2. The second-order valence-corrected chi connectivity index (χ2v) is 6.37. The Morgan fingerprint density at radius 3 is 1.93 bits per heavy atom. The van der Waals surface area contributed by atoms with Crippen LogP contribution in [0.15, 0.2) is 12.7 Å². The molecule has 10 nitrogen and oxygen atoms in total. The van der Waals surface area contributed by atoms with Gasteiger partial charge in [0.1, 0.15) is 12.7 Å². The third-order valence-electron chi connectivity index (χ3n) is 3.78. The molecule has 2 unspecified atom stereocenters. The molecule has 0 spiro atoms. The Bertz CT molecular complexity index is 602. The molecule has 0 aromatic carbocycles. The lowest BCUT2D eigenvalue weighted by molar-refractivity contribution is -0.308. The molecule has 5 atom stereocenters. The average molecular weight is 416 g/mol. The Morgan fingerprint density at radius 1 is 0.862 bits per heavy atom. The summed E-state index contributed by atoms with van der Waals surface area (Å²) in [6.45, 7) is 8.27. The van der Waals surface area contributed by atoms with Gasteiger partial charge in [0.25, 0.3) is 0 Å². The standard InChI is InChI=1S/C19H28O10/c1-6-7-8-9-24-19-18(28-14(5)23)17(27-13(4)22)16(26-12(3)21)15(29-19)10-25-11(2)20/h6,15-19H,1,7-10H2,2-5H3/t15?,16-,17-,18?,19+/m0/s1. The minimum atomic E-state index is -1.22. The predicted molar refractivity (Wildman–Crippen MR) is 97.3 cm³/mol. The molecular formula is C19H28O10. The Balaban J connectivity index is 3.19. The fourth-order valence-electron chi connectivity index (χ4n) is 2.75. The number of ether oxygens (including phenoxy) is 6. The number of carbonyl (C=O) groups excluding carboxylic acids is 4. The summed E-state index contributed by atoms with van der Waals surface area (Å²) in [6, 6.07) is 0. The summed E-state index contributed by atoms with van der Waals surface area (Å²) >= 11 is 0. The summed E-state index contributed by atoms with van der Waals surface area (Å²) in [5.41, 5.74) is 0. The van der Waals surface area contributed by atoms with Gasteiger partial charge in [-0.2, -0.15) is 0 Å². The molecule has 1 saturated heterocycles. The van der Waals surface area contributed by atoms with Gasteiger partial charge in [0.05, 0.1) is 6.61 Å². The minimum absolute atomic E-state index is 0.236. The molecule has 0 aromatic rings. The first-order valence-electron chi connectivity index (χ1n) is 9.18. The molecule has 1 aliphatic heterocycles. The SMILES string of the molecule is C=CCCCO[C@@H]1OC(COC(C)=O)[C@H](OC(C)=O)[C@H](OC(C)=O)C1OC(C)=O. The Hall–Kier alpha value is -2.46. The van der Waals surface area contributed by atoms with Crippen LogP contribution in [-0.2, 0) is 47.6 Å². The average Bonchev–Trinajstić information content (AvgIpc) is 2.60. The molecule has 10 heteroatoms. The summed E-state index contributed by atoms with van der Waals surface area (Å²) in [5, 5.41) is 0. The highest BCUT2D eigenvalue weighted by Crippen LogP contribution is 2.30. The van der Waals surface area contributed by atoms with Gasteiger partial charge in [-0.25, -0.2) is 0 Å². The van der Waals surface area contributed by atoms with Gasteiger partial charge in [-0.05, 0) is 12.8 Å². The van der Waals surface area contributed by atoms with E-state index in [1.165, 1.54) is 13.8 Å². The molecule has 1 fully saturated rings. The highest BCUT2D eigenvalue weighted by molar-refractivity contribution is 5.68. The van der Waals surface area contributed by atoms with E-state index in [1.807, 2.05) is 0 Å². The van der Waals surface area contributed by atoms with Crippen LogP contribution in [0.2, 0.25) is 0 Å². The smallest absolute Gasteiger partial charge is 0.303 e. The number of allylic oxidation sites excluding steroid dienone is 1. The van der Waals surface area contributed by atoms with Crippen molar-refractivity contribution in [1.82, 2.24) is 0 Å². The predicted octanol–water partition coefficient (Wildman–Crippen LogP) is 1.05. The van der Waals surface area contributed by atoms with Crippen LogP contribution >= 0.6 is 0 Å². The Labute approximate surface area is 169 Å². The summed E-state index contributed by atoms with van der Waals surface area (Å²) < 4.78 is 32.3. The monoisotopic (exact) mass is 416 g/mol.